The molecule has 6 heteroatoms. The summed E-state index contributed by atoms with van der Waals surface area (Å²) in [7, 11) is 3.91. The molecule has 0 bridgehead atoms. The average molecular weight is 281 g/mol. The van der Waals surface area contributed by atoms with E-state index in [4.69, 9.17) is 5.11 Å². The molecule has 2 aromatic rings. The van der Waals surface area contributed by atoms with Gasteiger partial charge >= 0.3 is 0 Å². The number of hydrogen-bond donors (Lipinski definition) is 1. The van der Waals surface area contributed by atoms with Gasteiger partial charge in [0.2, 0.25) is 5.13 Å². The Bertz CT molecular complexity index is 540. The second-order valence-corrected chi connectivity index (χ2v) is 6.37. The first-order valence-electron chi connectivity index (χ1n) is 5.49. The van der Waals surface area contributed by atoms with E-state index in [-0.39, 0.29) is 6.61 Å². The smallest absolute Gasteiger partial charge is 0.208 e. The summed E-state index contributed by atoms with van der Waals surface area (Å²) in [6.07, 6.45) is 0. The van der Waals surface area contributed by atoms with Gasteiger partial charge in [0.05, 0.1) is 6.61 Å². The third-order valence-electron chi connectivity index (χ3n) is 2.47. The van der Waals surface area contributed by atoms with E-state index >= 15 is 0 Å². The first kappa shape index (κ1) is 13.3. The molecule has 96 valence electrons. The quantitative estimate of drug-likeness (QED) is 0.933. The van der Waals surface area contributed by atoms with E-state index in [2.05, 4.69) is 16.3 Å². The van der Waals surface area contributed by atoms with Crippen molar-refractivity contribution in [3.05, 3.63) is 29.3 Å². The largest absolute Gasteiger partial charge is 0.392 e. The summed E-state index contributed by atoms with van der Waals surface area (Å²) in [6, 6.07) is 6.01. The van der Waals surface area contributed by atoms with Crippen molar-refractivity contribution in [2.75, 3.05) is 19.0 Å². The molecule has 0 aliphatic rings. The molecule has 1 heterocycles. The van der Waals surface area contributed by atoms with Crippen molar-refractivity contribution in [1.29, 1.82) is 0 Å². The zero-order chi connectivity index (χ0) is 13.1. The Morgan fingerprint density at radius 1 is 1.33 bits per heavy atom. The predicted molar refractivity (Wildman–Crippen MR) is 75.5 cm³/mol. The van der Waals surface area contributed by atoms with Crippen LogP contribution in [0.4, 0.5) is 5.13 Å². The molecular formula is C12H15N3OS2. The highest BCUT2D eigenvalue weighted by molar-refractivity contribution is 8.01. The van der Waals surface area contributed by atoms with Crippen molar-refractivity contribution in [3.63, 3.8) is 0 Å². The number of aliphatic hydroxyl groups is 1. The Kier molecular flexibility index (Phi) is 4.21. The van der Waals surface area contributed by atoms with Crippen LogP contribution in [0.25, 0.3) is 0 Å². The molecule has 0 radical (unpaired) electrons. The topological polar surface area (TPSA) is 49.2 Å². The van der Waals surface area contributed by atoms with Gasteiger partial charge in [0.15, 0.2) is 4.34 Å². The first-order chi connectivity index (χ1) is 8.60. The summed E-state index contributed by atoms with van der Waals surface area (Å²) in [6.45, 7) is 2.08. The maximum atomic E-state index is 9.13. The molecule has 2 rings (SSSR count). The number of aromatic nitrogens is 2. The molecule has 0 amide bonds. The summed E-state index contributed by atoms with van der Waals surface area (Å²) in [5.74, 6) is 0. The van der Waals surface area contributed by atoms with Crippen molar-refractivity contribution in [1.82, 2.24) is 10.2 Å². The van der Waals surface area contributed by atoms with E-state index in [1.807, 2.05) is 38.1 Å². The number of anilines is 1. The minimum atomic E-state index is 0.0837. The minimum absolute atomic E-state index is 0.0837. The molecule has 0 unspecified atom stereocenters. The van der Waals surface area contributed by atoms with Gasteiger partial charge in [-0.25, -0.2) is 0 Å². The van der Waals surface area contributed by atoms with Crippen LogP contribution in [0.5, 0.6) is 0 Å². The molecule has 0 saturated heterocycles. The van der Waals surface area contributed by atoms with Gasteiger partial charge in [-0.1, -0.05) is 29.2 Å². The van der Waals surface area contributed by atoms with Gasteiger partial charge in [-0.3, -0.25) is 0 Å². The highest BCUT2D eigenvalue weighted by Gasteiger charge is 2.08. The van der Waals surface area contributed by atoms with Crippen LogP contribution in [-0.4, -0.2) is 29.4 Å². The molecule has 18 heavy (non-hydrogen) atoms. The SMILES string of the molecule is Cc1cc(Sc2nnc(N(C)C)s2)ccc1CO. The number of benzene rings is 1. The number of aliphatic hydroxyl groups excluding tert-OH is 1. The normalized spacial score (nSPS) is 10.7. The maximum absolute atomic E-state index is 9.13. The lowest BCUT2D eigenvalue weighted by Gasteiger charge is -2.05. The van der Waals surface area contributed by atoms with Crippen LogP contribution >= 0.6 is 23.1 Å². The van der Waals surface area contributed by atoms with Crippen molar-refractivity contribution < 1.29 is 5.11 Å². The van der Waals surface area contributed by atoms with Crippen LogP contribution in [0.3, 0.4) is 0 Å². The predicted octanol–water partition coefficient (Wildman–Crippen LogP) is 2.56. The Hall–Kier alpha value is -1.11. The molecule has 1 aromatic heterocycles. The lowest BCUT2D eigenvalue weighted by Crippen LogP contribution is -2.07. The summed E-state index contributed by atoms with van der Waals surface area (Å²) >= 11 is 3.16. The highest BCUT2D eigenvalue weighted by atomic mass is 32.2. The molecule has 4 nitrogen and oxygen atoms in total. The molecule has 1 aromatic carbocycles. The van der Waals surface area contributed by atoms with Gasteiger partial charge < -0.3 is 10.0 Å². The molecule has 0 saturated carbocycles. The van der Waals surface area contributed by atoms with E-state index in [0.717, 1.165) is 25.5 Å². The van der Waals surface area contributed by atoms with Gasteiger partial charge in [0.25, 0.3) is 0 Å². The molecular weight excluding hydrogens is 266 g/mol. The Morgan fingerprint density at radius 3 is 2.67 bits per heavy atom. The zero-order valence-electron chi connectivity index (χ0n) is 10.5. The van der Waals surface area contributed by atoms with Crippen LogP contribution < -0.4 is 4.90 Å². The molecule has 0 spiro atoms. The van der Waals surface area contributed by atoms with Gasteiger partial charge in [-0.15, -0.1) is 10.2 Å². The summed E-state index contributed by atoms with van der Waals surface area (Å²) in [4.78, 5) is 3.06. The Labute approximate surface area is 115 Å². The van der Waals surface area contributed by atoms with Crippen LogP contribution in [0.1, 0.15) is 11.1 Å². The molecule has 0 atom stereocenters. The van der Waals surface area contributed by atoms with Crippen LogP contribution in [0.15, 0.2) is 27.4 Å². The monoisotopic (exact) mass is 281 g/mol. The van der Waals surface area contributed by atoms with Crippen molar-refractivity contribution >= 4 is 28.2 Å². The van der Waals surface area contributed by atoms with Crippen LogP contribution in [0, 0.1) is 6.92 Å². The fourth-order valence-electron chi connectivity index (χ4n) is 1.43. The minimum Gasteiger partial charge on any atom is -0.392 e. The number of hydrogen-bond acceptors (Lipinski definition) is 6. The van der Waals surface area contributed by atoms with Crippen LogP contribution in [-0.2, 0) is 6.61 Å². The van der Waals surface area contributed by atoms with E-state index in [9.17, 15) is 0 Å². The van der Waals surface area contributed by atoms with Crippen molar-refractivity contribution in [2.45, 2.75) is 22.8 Å². The van der Waals surface area contributed by atoms with Crippen LogP contribution in [0.2, 0.25) is 0 Å². The van der Waals surface area contributed by atoms with E-state index < -0.39 is 0 Å². The molecule has 1 N–H and O–H groups in total. The number of aryl methyl sites for hydroxylation is 1. The fourth-order valence-corrected chi connectivity index (χ4v) is 3.27. The Morgan fingerprint density at radius 2 is 2.11 bits per heavy atom. The lowest BCUT2D eigenvalue weighted by atomic mass is 10.1. The zero-order valence-corrected chi connectivity index (χ0v) is 12.2. The second-order valence-electron chi connectivity index (χ2n) is 4.09. The van der Waals surface area contributed by atoms with E-state index in [1.165, 1.54) is 0 Å². The standard InChI is InChI=1S/C12H15N3OS2/c1-8-6-10(5-4-9(8)7-16)17-12-14-13-11(18-12)15(2)3/h4-6,16H,7H2,1-3H3. The highest BCUT2D eigenvalue weighted by Crippen LogP contribution is 2.33. The number of nitrogens with zero attached hydrogens (tertiary/aromatic N) is 3. The Balaban J connectivity index is 2.15. The maximum Gasteiger partial charge on any atom is 0.208 e. The van der Waals surface area contributed by atoms with Gasteiger partial charge in [0.1, 0.15) is 0 Å². The summed E-state index contributed by atoms with van der Waals surface area (Å²) in [5, 5.41) is 18.3. The number of rotatable bonds is 4. The third kappa shape index (κ3) is 3.01. The molecule has 0 aliphatic carbocycles. The third-order valence-corrected chi connectivity index (χ3v) is 4.60. The fraction of sp³-hybridized carbons (Fsp3) is 0.333. The molecule has 0 fully saturated rings. The van der Waals surface area contributed by atoms with E-state index in [0.29, 0.717) is 0 Å². The summed E-state index contributed by atoms with van der Waals surface area (Å²) in [5.41, 5.74) is 2.06. The molecule has 0 aliphatic heterocycles. The van der Waals surface area contributed by atoms with Gasteiger partial charge in [-0.2, -0.15) is 0 Å². The van der Waals surface area contributed by atoms with Crippen molar-refractivity contribution in [3.8, 4) is 0 Å². The summed E-state index contributed by atoms with van der Waals surface area (Å²) < 4.78 is 0.926. The van der Waals surface area contributed by atoms with E-state index in [1.54, 1.807) is 23.1 Å². The van der Waals surface area contributed by atoms with Gasteiger partial charge in [0, 0.05) is 19.0 Å². The lowest BCUT2D eigenvalue weighted by molar-refractivity contribution is 0.281. The average Bonchev–Trinajstić information content (AvgIpc) is 2.78. The first-order valence-corrected chi connectivity index (χ1v) is 7.12. The second kappa shape index (κ2) is 5.69. The van der Waals surface area contributed by atoms with Gasteiger partial charge in [-0.05, 0) is 30.2 Å². The van der Waals surface area contributed by atoms with Crippen molar-refractivity contribution in [2.24, 2.45) is 0 Å².